The number of imidazole rings is 1. The summed E-state index contributed by atoms with van der Waals surface area (Å²) in [6.07, 6.45) is 2.24. The lowest BCUT2D eigenvalue weighted by molar-refractivity contribution is -0.0387. The molecule has 1 aliphatic rings. The molecule has 2 N–H and O–H groups in total. The molecule has 11 nitrogen and oxygen atoms in total. The van der Waals surface area contributed by atoms with E-state index in [1.807, 2.05) is 12.1 Å². The van der Waals surface area contributed by atoms with Crippen molar-refractivity contribution < 1.29 is 23.7 Å². The highest BCUT2D eigenvalue weighted by Gasteiger charge is 2.37. The van der Waals surface area contributed by atoms with Crippen LogP contribution >= 0.6 is 9.03 Å². The number of rotatable bonds is 9. The highest BCUT2D eigenvalue weighted by atomic mass is 31.1. The molecule has 1 amide bonds. The molecular weight excluding hydrogens is 435 g/mol. The maximum Gasteiger partial charge on any atom is 0.256 e. The lowest BCUT2D eigenvalue weighted by Gasteiger charge is -2.15. The molecule has 4 atom stereocenters. The Bertz CT molecular complexity index is 1100. The summed E-state index contributed by atoms with van der Waals surface area (Å²) in [5.41, 5.74) is 1.41. The Balaban J connectivity index is 1.47. The Morgan fingerprint density at radius 3 is 2.97 bits per heavy atom. The molecule has 2 aromatic heterocycles. The summed E-state index contributed by atoms with van der Waals surface area (Å²) in [4.78, 5) is 25.3. The quantitative estimate of drug-likeness (QED) is 0.365. The van der Waals surface area contributed by atoms with Gasteiger partial charge in [-0.2, -0.15) is 5.26 Å². The van der Waals surface area contributed by atoms with Gasteiger partial charge in [-0.15, -0.1) is 0 Å². The van der Waals surface area contributed by atoms with Gasteiger partial charge in [-0.3, -0.25) is 9.36 Å². The zero-order valence-corrected chi connectivity index (χ0v) is 17.9. The molecule has 1 fully saturated rings. The molecule has 32 heavy (non-hydrogen) atoms. The predicted molar refractivity (Wildman–Crippen MR) is 115 cm³/mol. The molecular formula is C20H21N6O5P. The lowest BCUT2D eigenvalue weighted by Crippen LogP contribution is -2.25. The standard InChI is InChI=1S/C20H21N6O5P/c21-7-4-8-29-32-31-14-9-16(30-15(14)10-27)26-12-24-17-18(22-11-23-19(17)26)25-20(28)13-5-2-1-3-6-13/h1-3,5-6,11-12,14-16,27,32H,4,8-10H2,(H,22,23,25,28)/t14-,15+,16+/m0/s1. The molecule has 12 heteroatoms. The first-order valence-electron chi connectivity index (χ1n) is 9.91. The Labute approximate surface area is 185 Å². The monoisotopic (exact) mass is 456 g/mol. The minimum absolute atomic E-state index is 0.218. The number of carbonyl (C=O) groups excluding carboxylic acids is 1. The number of ether oxygens (including phenoxy) is 1. The molecule has 3 aromatic rings. The van der Waals surface area contributed by atoms with E-state index in [4.69, 9.17) is 19.0 Å². The number of aromatic nitrogens is 4. The summed E-state index contributed by atoms with van der Waals surface area (Å²) < 4.78 is 18.7. The van der Waals surface area contributed by atoms with E-state index in [0.29, 0.717) is 29.0 Å². The molecule has 1 unspecified atom stereocenters. The smallest absolute Gasteiger partial charge is 0.256 e. The zero-order valence-electron chi connectivity index (χ0n) is 16.9. The van der Waals surface area contributed by atoms with E-state index in [1.54, 1.807) is 35.2 Å². The van der Waals surface area contributed by atoms with Gasteiger partial charge in [0, 0.05) is 12.0 Å². The number of aliphatic hydroxyl groups excluding tert-OH is 1. The second-order valence-corrected chi connectivity index (χ2v) is 7.60. The molecule has 0 aliphatic carbocycles. The summed E-state index contributed by atoms with van der Waals surface area (Å²) in [6.45, 7) is 0.0696. The summed E-state index contributed by atoms with van der Waals surface area (Å²) in [6, 6.07) is 10.8. The van der Waals surface area contributed by atoms with Gasteiger partial charge in [0.2, 0.25) is 0 Å². The highest BCUT2D eigenvalue weighted by Crippen LogP contribution is 2.36. The molecule has 0 radical (unpaired) electrons. The third-order valence-corrected chi connectivity index (χ3v) is 5.59. The number of fused-ring (bicyclic) bond motifs is 1. The molecule has 1 saturated heterocycles. The van der Waals surface area contributed by atoms with Crippen LogP contribution in [-0.4, -0.2) is 56.0 Å². The first-order valence-corrected chi connectivity index (χ1v) is 10.7. The Morgan fingerprint density at radius 1 is 1.34 bits per heavy atom. The molecule has 0 spiro atoms. The van der Waals surface area contributed by atoms with Crippen molar-refractivity contribution in [1.29, 1.82) is 5.26 Å². The molecule has 1 aliphatic heterocycles. The van der Waals surface area contributed by atoms with Crippen LogP contribution in [0.2, 0.25) is 0 Å². The molecule has 0 saturated carbocycles. The minimum atomic E-state index is -0.538. The molecule has 4 rings (SSSR count). The zero-order chi connectivity index (χ0) is 22.3. The number of nitrogens with zero attached hydrogens (tertiary/aromatic N) is 5. The predicted octanol–water partition coefficient (Wildman–Crippen LogP) is 2.18. The van der Waals surface area contributed by atoms with Gasteiger partial charge in [-0.1, -0.05) is 18.2 Å². The fraction of sp³-hybridized carbons (Fsp3) is 0.350. The summed E-state index contributed by atoms with van der Waals surface area (Å²) in [7, 11) is -0.258. The first kappa shape index (κ1) is 22.2. The summed E-state index contributed by atoms with van der Waals surface area (Å²) in [5, 5.41) is 21.0. The van der Waals surface area contributed by atoms with Crippen molar-refractivity contribution >= 4 is 31.9 Å². The Kier molecular flexibility index (Phi) is 7.32. The number of benzene rings is 1. The average Bonchev–Trinajstić information content (AvgIpc) is 3.44. The van der Waals surface area contributed by atoms with E-state index >= 15 is 0 Å². The van der Waals surface area contributed by atoms with E-state index in [-0.39, 0.29) is 40.7 Å². The lowest BCUT2D eigenvalue weighted by atomic mass is 10.2. The van der Waals surface area contributed by atoms with E-state index in [9.17, 15) is 9.90 Å². The third kappa shape index (κ3) is 4.91. The van der Waals surface area contributed by atoms with Crippen molar-refractivity contribution in [2.24, 2.45) is 0 Å². The second kappa shape index (κ2) is 10.5. The van der Waals surface area contributed by atoms with E-state index < -0.39 is 12.3 Å². The number of nitrogens with one attached hydrogen (secondary N) is 1. The van der Waals surface area contributed by atoms with Crippen LogP contribution in [0, 0.1) is 11.3 Å². The van der Waals surface area contributed by atoms with E-state index in [0.717, 1.165) is 0 Å². The van der Waals surface area contributed by atoms with E-state index in [2.05, 4.69) is 20.3 Å². The SMILES string of the molecule is N#CCCOPO[C@H]1C[C@H](n2cnc3c(NC(=O)c4ccccc4)ncnc32)O[C@@H]1CO. The summed E-state index contributed by atoms with van der Waals surface area (Å²) in [5.74, 6) is -0.0112. The van der Waals surface area contributed by atoms with Crippen molar-refractivity contribution in [3.63, 3.8) is 0 Å². The molecule has 166 valence electrons. The number of anilines is 1. The number of carbonyl (C=O) groups is 1. The van der Waals surface area contributed by atoms with Gasteiger partial charge in [0.25, 0.3) is 5.91 Å². The van der Waals surface area contributed by atoms with Crippen LogP contribution in [0.1, 0.15) is 29.4 Å². The maximum atomic E-state index is 12.5. The topological polar surface area (TPSA) is 144 Å². The normalized spacial score (nSPS) is 20.7. The van der Waals surface area contributed by atoms with Crippen LogP contribution in [0.5, 0.6) is 0 Å². The van der Waals surface area contributed by atoms with Crippen LogP contribution in [0.4, 0.5) is 5.82 Å². The molecule has 1 aromatic carbocycles. The first-order chi connectivity index (χ1) is 15.7. The third-order valence-electron chi connectivity index (χ3n) is 4.87. The van der Waals surface area contributed by atoms with Crippen molar-refractivity contribution in [2.45, 2.75) is 31.3 Å². The minimum Gasteiger partial charge on any atom is -0.394 e. The van der Waals surface area contributed by atoms with Crippen LogP contribution < -0.4 is 5.32 Å². The van der Waals surface area contributed by atoms with Crippen LogP contribution in [0.15, 0.2) is 43.0 Å². The molecule has 0 bridgehead atoms. The van der Waals surface area contributed by atoms with Crippen LogP contribution in [0.25, 0.3) is 11.2 Å². The average molecular weight is 456 g/mol. The van der Waals surface area contributed by atoms with Crippen molar-refractivity contribution in [2.75, 3.05) is 18.5 Å². The second-order valence-electron chi connectivity index (χ2n) is 6.91. The Morgan fingerprint density at radius 2 is 2.19 bits per heavy atom. The number of hydrogen-bond acceptors (Lipinski definition) is 9. The van der Waals surface area contributed by atoms with Gasteiger partial charge in [0.1, 0.15) is 18.7 Å². The maximum absolute atomic E-state index is 12.5. The molecule has 3 heterocycles. The van der Waals surface area contributed by atoms with Gasteiger partial charge in [-0.25, -0.2) is 15.0 Å². The highest BCUT2D eigenvalue weighted by molar-refractivity contribution is 7.26. The Hall–Kier alpha value is -3.00. The largest absolute Gasteiger partial charge is 0.394 e. The fourth-order valence-corrected chi connectivity index (χ4v) is 3.94. The van der Waals surface area contributed by atoms with Crippen molar-refractivity contribution in [3.05, 3.63) is 48.5 Å². The van der Waals surface area contributed by atoms with Gasteiger partial charge in [0.05, 0.1) is 38.1 Å². The number of nitriles is 1. The number of aliphatic hydroxyl groups is 1. The van der Waals surface area contributed by atoms with Gasteiger partial charge in [-0.05, 0) is 12.1 Å². The van der Waals surface area contributed by atoms with Gasteiger partial charge < -0.3 is 24.2 Å². The van der Waals surface area contributed by atoms with Gasteiger partial charge >= 0.3 is 0 Å². The van der Waals surface area contributed by atoms with Crippen LogP contribution in [-0.2, 0) is 13.8 Å². The fourth-order valence-electron chi connectivity index (χ4n) is 3.32. The van der Waals surface area contributed by atoms with Gasteiger partial charge in [0.15, 0.2) is 26.0 Å². The van der Waals surface area contributed by atoms with E-state index in [1.165, 1.54) is 6.33 Å². The van der Waals surface area contributed by atoms with Crippen molar-refractivity contribution in [3.8, 4) is 6.07 Å². The van der Waals surface area contributed by atoms with Crippen LogP contribution in [0.3, 0.4) is 0 Å². The number of hydrogen-bond donors (Lipinski definition) is 2. The van der Waals surface area contributed by atoms with Crippen molar-refractivity contribution in [1.82, 2.24) is 19.5 Å². The summed E-state index contributed by atoms with van der Waals surface area (Å²) >= 11 is 0. The number of amides is 1.